The zero-order chi connectivity index (χ0) is 17.7. The minimum absolute atomic E-state index is 0.163. The van der Waals surface area contributed by atoms with Gasteiger partial charge in [0.2, 0.25) is 0 Å². The number of nitrogens with one attached hydrogen (secondary N) is 1. The summed E-state index contributed by atoms with van der Waals surface area (Å²) in [5.41, 5.74) is 0.522. The number of carboxylic acids is 1. The Morgan fingerprint density at radius 2 is 1.96 bits per heavy atom. The summed E-state index contributed by atoms with van der Waals surface area (Å²) in [4.78, 5) is 25.3. The molecule has 6 heteroatoms. The highest BCUT2D eigenvalue weighted by atomic mass is 16.6. The van der Waals surface area contributed by atoms with Crippen molar-refractivity contribution in [2.24, 2.45) is 5.92 Å². The maximum atomic E-state index is 12.2. The van der Waals surface area contributed by atoms with Gasteiger partial charge >= 0.3 is 12.1 Å². The second-order valence-corrected chi connectivity index (χ2v) is 7.13. The number of carbonyl (C=O) groups excluding carboxylic acids is 1. The Morgan fingerprint density at radius 1 is 1.29 bits per heavy atom. The fraction of sp³-hybridized carbons (Fsp3) is 0.556. The Balaban J connectivity index is 1.95. The molecule has 0 saturated carbocycles. The Labute approximate surface area is 142 Å². The molecule has 132 valence electrons. The highest BCUT2D eigenvalue weighted by molar-refractivity contribution is 5.74. The Bertz CT molecular complexity index is 568. The lowest BCUT2D eigenvalue weighted by atomic mass is 9.92. The minimum atomic E-state index is -0.895. The molecule has 2 rings (SSSR count). The van der Waals surface area contributed by atoms with Gasteiger partial charge in [-0.1, -0.05) is 30.3 Å². The van der Waals surface area contributed by atoms with Gasteiger partial charge in [-0.2, -0.15) is 0 Å². The lowest BCUT2D eigenvalue weighted by Crippen LogP contribution is -2.54. The van der Waals surface area contributed by atoms with E-state index in [0.717, 1.165) is 5.56 Å². The molecule has 0 unspecified atom stereocenters. The lowest BCUT2D eigenvalue weighted by molar-refractivity contribution is -0.144. The SMILES string of the molecule is CC(C)(C)OC(=O)N1CC[C@@H](NCc2ccccc2)[C@H](C(=O)O)C1. The molecule has 2 N–H and O–H groups in total. The molecule has 1 aliphatic heterocycles. The smallest absolute Gasteiger partial charge is 0.410 e. The molecule has 2 atom stereocenters. The Morgan fingerprint density at radius 3 is 2.54 bits per heavy atom. The van der Waals surface area contributed by atoms with Gasteiger partial charge in [0, 0.05) is 25.7 Å². The van der Waals surface area contributed by atoms with Gasteiger partial charge in [-0.3, -0.25) is 4.79 Å². The number of nitrogens with zero attached hydrogens (tertiary/aromatic N) is 1. The summed E-state index contributed by atoms with van der Waals surface area (Å²) in [5, 5.41) is 12.8. The van der Waals surface area contributed by atoms with E-state index >= 15 is 0 Å². The van der Waals surface area contributed by atoms with Crippen LogP contribution in [0.2, 0.25) is 0 Å². The Hall–Kier alpha value is -2.08. The molecular weight excluding hydrogens is 308 g/mol. The first kappa shape index (κ1) is 18.3. The van der Waals surface area contributed by atoms with Gasteiger partial charge in [-0.05, 0) is 32.8 Å². The number of benzene rings is 1. The summed E-state index contributed by atoms with van der Waals surface area (Å²) in [6, 6.07) is 9.69. The monoisotopic (exact) mass is 334 g/mol. The largest absolute Gasteiger partial charge is 0.481 e. The third-order valence-electron chi connectivity index (χ3n) is 3.99. The van der Waals surface area contributed by atoms with Crippen LogP contribution in [0.5, 0.6) is 0 Å². The van der Waals surface area contributed by atoms with Gasteiger partial charge in [0.05, 0.1) is 5.92 Å². The van der Waals surface area contributed by atoms with E-state index < -0.39 is 23.6 Å². The van der Waals surface area contributed by atoms with E-state index in [1.165, 1.54) is 4.90 Å². The van der Waals surface area contributed by atoms with Crippen molar-refractivity contribution in [1.29, 1.82) is 0 Å². The fourth-order valence-electron chi connectivity index (χ4n) is 2.78. The van der Waals surface area contributed by atoms with Gasteiger partial charge in [0.1, 0.15) is 5.60 Å². The zero-order valence-corrected chi connectivity index (χ0v) is 14.5. The van der Waals surface area contributed by atoms with Gasteiger partial charge < -0.3 is 20.1 Å². The molecule has 0 spiro atoms. The Kier molecular flexibility index (Phi) is 5.83. The molecule has 1 aliphatic rings. The van der Waals surface area contributed by atoms with E-state index in [1.807, 2.05) is 30.3 Å². The summed E-state index contributed by atoms with van der Waals surface area (Å²) in [6.07, 6.45) is 0.138. The molecule has 1 fully saturated rings. The average molecular weight is 334 g/mol. The molecule has 1 saturated heterocycles. The van der Waals surface area contributed by atoms with E-state index in [1.54, 1.807) is 20.8 Å². The van der Waals surface area contributed by atoms with Crippen LogP contribution in [0.1, 0.15) is 32.8 Å². The van der Waals surface area contributed by atoms with Gasteiger partial charge in [0.25, 0.3) is 0 Å². The molecule has 0 bridgehead atoms. The standard InChI is InChI=1S/C18H26N2O4/c1-18(2,3)24-17(23)20-10-9-15(14(12-20)16(21)22)19-11-13-7-5-4-6-8-13/h4-8,14-15,19H,9-12H2,1-3H3,(H,21,22)/t14-,15-/m1/s1. The molecule has 1 heterocycles. The number of hydrogen-bond donors (Lipinski definition) is 2. The summed E-state index contributed by atoms with van der Waals surface area (Å²) in [5.74, 6) is -1.54. The molecular formula is C18H26N2O4. The predicted octanol–water partition coefficient (Wildman–Crippen LogP) is 2.49. The third kappa shape index (κ3) is 5.23. The molecule has 6 nitrogen and oxygen atoms in total. The third-order valence-corrected chi connectivity index (χ3v) is 3.99. The first-order valence-electron chi connectivity index (χ1n) is 8.24. The van der Waals surface area contributed by atoms with Gasteiger partial charge in [-0.25, -0.2) is 4.79 Å². The zero-order valence-electron chi connectivity index (χ0n) is 14.5. The second kappa shape index (κ2) is 7.66. The number of likely N-dealkylation sites (tertiary alicyclic amines) is 1. The molecule has 1 amide bonds. The van der Waals surface area contributed by atoms with Crippen LogP contribution in [0.25, 0.3) is 0 Å². The highest BCUT2D eigenvalue weighted by Crippen LogP contribution is 2.21. The minimum Gasteiger partial charge on any atom is -0.481 e. The van der Waals surface area contributed by atoms with E-state index in [-0.39, 0.29) is 12.6 Å². The van der Waals surface area contributed by atoms with Crippen LogP contribution in [0.4, 0.5) is 4.79 Å². The maximum Gasteiger partial charge on any atom is 0.410 e. The summed E-state index contributed by atoms with van der Waals surface area (Å²) < 4.78 is 5.34. The second-order valence-electron chi connectivity index (χ2n) is 7.13. The van der Waals surface area contributed by atoms with Crippen LogP contribution in [-0.2, 0) is 16.1 Å². The van der Waals surface area contributed by atoms with Crippen molar-refractivity contribution >= 4 is 12.1 Å². The number of carbonyl (C=O) groups is 2. The summed E-state index contributed by atoms with van der Waals surface area (Å²) in [7, 11) is 0. The van der Waals surface area contributed by atoms with Crippen molar-refractivity contribution in [1.82, 2.24) is 10.2 Å². The molecule has 1 aromatic rings. The number of amides is 1. The topological polar surface area (TPSA) is 78.9 Å². The molecule has 0 aromatic heterocycles. The number of piperidine rings is 1. The van der Waals surface area contributed by atoms with E-state index in [0.29, 0.717) is 19.5 Å². The van der Waals surface area contributed by atoms with Crippen LogP contribution in [-0.4, -0.2) is 46.8 Å². The van der Waals surface area contributed by atoms with Crippen LogP contribution in [0, 0.1) is 5.92 Å². The predicted molar refractivity (Wildman–Crippen MR) is 90.6 cm³/mol. The normalized spacial score (nSPS) is 21.4. The lowest BCUT2D eigenvalue weighted by Gasteiger charge is -2.37. The molecule has 1 aromatic carbocycles. The molecule has 24 heavy (non-hydrogen) atoms. The highest BCUT2D eigenvalue weighted by Gasteiger charge is 2.37. The van der Waals surface area contributed by atoms with Crippen LogP contribution >= 0.6 is 0 Å². The fourth-order valence-corrected chi connectivity index (χ4v) is 2.78. The summed E-state index contributed by atoms with van der Waals surface area (Å²) in [6.45, 7) is 6.67. The van der Waals surface area contributed by atoms with Crippen LogP contribution in [0.3, 0.4) is 0 Å². The maximum absolute atomic E-state index is 12.2. The van der Waals surface area contributed by atoms with Crippen molar-refractivity contribution in [3.8, 4) is 0 Å². The van der Waals surface area contributed by atoms with Crippen molar-refractivity contribution < 1.29 is 19.4 Å². The number of ether oxygens (including phenoxy) is 1. The number of rotatable bonds is 4. The number of hydrogen-bond acceptors (Lipinski definition) is 4. The average Bonchev–Trinajstić information content (AvgIpc) is 2.52. The van der Waals surface area contributed by atoms with Gasteiger partial charge in [0.15, 0.2) is 0 Å². The number of aliphatic carboxylic acids is 1. The van der Waals surface area contributed by atoms with E-state index in [9.17, 15) is 14.7 Å². The molecule has 0 radical (unpaired) electrons. The summed E-state index contributed by atoms with van der Waals surface area (Å²) >= 11 is 0. The van der Waals surface area contributed by atoms with Crippen molar-refractivity contribution in [2.75, 3.05) is 13.1 Å². The molecule has 0 aliphatic carbocycles. The van der Waals surface area contributed by atoms with Crippen molar-refractivity contribution in [2.45, 2.75) is 45.4 Å². The van der Waals surface area contributed by atoms with Gasteiger partial charge in [-0.15, -0.1) is 0 Å². The van der Waals surface area contributed by atoms with Crippen molar-refractivity contribution in [3.63, 3.8) is 0 Å². The van der Waals surface area contributed by atoms with Crippen LogP contribution < -0.4 is 5.32 Å². The first-order chi connectivity index (χ1) is 11.3. The van der Waals surface area contributed by atoms with Crippen LogP contribution in [0.15, 0.2) is 30.3 Å². The van der Waals surface area contributed by atoms with E-state index in [4.69, 9.17) is 4.74 Å². The van der Waals surface area contributed by atoms with E-state index in [2.05, 4.69) is 5.32 Å². The number of carboxylic acid groups (broad SMARTS) is 1. The quantitative estimate of drug-likeness (QED) is 0.884. The first-order valence-corrected chi connectivity index (χ1v) is 8.24. The van der Waals surface area contributed by atoms with Crippen molar-refractivity contribution in [3.05, 3.63) is 35.9 Å².